The van der Waals surface area contributed by atoms with Gasteiger partial charge >= 0.3 is 0 Å². The number of hydrogen-bond donors (Lipinski definition) is 0. The monoisotopic (exact) mass is 356 g/mol. The van der Waals surface area contributed by atoms with Gasteiger partial charge in [-0.1, -0.05) is 35.3 Å². The van der Waals surface area contributed by atoms with Crippen LogP contribution >= 0.6 is 23.2 Å². The molecule has 0 amide bonds. The molecule has 1 unspecified atom stereocenters. The van der Waals surface area contributed by atoms with Crippen molar-refractivity contribution in [1.29, 1.82) is 0 Å². The molecule has 0 aliphatic carbocycles. The Labute approximate surface area is 149 Å². The highest BCUT2D eigenvalue weighted by molar-refractivity contribution is 6.36. The summed E-state index contributed by atoms with van der Waals surface area (Å²) in [4.78, 5) is 8.21. The fourth-order valence-electron chi connectivity index (χ4n) is 2.44. The van der Waals surface area contributed by atoms with Crippen molar-refractivity contribution in [2.24, 2.45) is 0 Å². The molecule has 0 aliphatic heterocycles. The third-order valence-corrected chi connectivity index (χ3v) is 4.25. The Hall–Kier alpha value is -2.41. The van der Waals surface area contributed by atoms with E-state index >= 15 is 0 Å². The molecule has 24 heavy (non-hydrogen) atoms. The number of hydrogen-bond acceptors (Lipinski definition) is 1. The molecule has 1 heterocycles. The highest BCUT2D eigenvalue weighted by Gasteiger charge is 2.26. The summed E-state index contributed by atoms with van der Waals surface area (Å²) in [6, 6.07) is 15.9. The van der Waals surface area contributed by atoms with Crippen LogP contribution in [-0.4, -0.2) is 4.98 Å². The van der Waals surface area contributed by atoms with Crippen LogP contribution < -0.4 is 0 Å². The zero-order chi connectivity index (χ0) is 17.1. The van der Waals surface area contributed by atoms with E-state index in [2.05, 4.69) is 9.83 Å². The van der Waals surface area contributed by atoms with Crippen molar-refractivity contribution >= 4 is 23.2 Å². The van der Waals surface area contributed by atoms with Crippen molar-refractivity contribution in [1.82, 2.24) is 4.98 Å². The van der Waals surface area contributed by atoms with Crippen LogP contribution in [0.3, 0.4) is 0 Å². The van der Waals surface area contributed by atoms with Crippen molar-refractivity contribution in [3.05, 3.63) is 99.2 Å². The van der Waals surface area contributed by atoms with E-state index < -0.39 is 6.04 Å². The van der Waals surface area contributed by atoms with E-state index in [1.165, 1.54) is 12.1 Å². The van der Waals surface area contributed by atoms with E-state index in [4.69, 9.17) is 29.8 Å². The Morgan fingerprint density at radius 3 is 2.17 bits per heavy atom. The molecular weight excluding hydrogens is 346 g/mol. The highest BCUT2D eigenvalue weighted by Crippen LogP contribution is 2.36. The Balaban J connectivity index is 2.07. The molecule has 2 nitrogen and oxygen atoms in total. The van der Waals surface area contributed by atoms with Gasteiger partial charge in [-0.2, -0.15) is 0 Å². The maximum Gasteiger partial charge on any atom is 0.293 e. The molecule has 1 aromatic heterocycles. The second-order valence-corrected chi connectivity index (χ2v) is 5.94. The van der Waals surface area contributed by atoms with Gasteiger partial charge in [-0.3, -0.25) is 0 Å². The minimum Gasteiger partial charge on any atom is -0.301 e. The van der Waals surface area contributed by atoms with Gasteiger partial charge in [0.2, 0.25) is 0 Å². The molecule has 1 atom stereocenters. The lowest BCUT2D eigenvalue weighted by molar-refractivity contribution is 0.628. The van der Waals surface area contributed by atoms with Crippen molar-refractivity contribution in [3.63, 3.8) is 0 Å². The molecule has 5 heteroatoms. The van der Waals surface area contributed by atoms with Crippen LogP contribution in [0, 0.1) is 12.4 Å². The van der Waals surface area contributed by atoms with Crippen LogP contribution in [0.5, 0.6) is 0 Å². The number of benzene rings is 2. The first kappa shape index (κ1) is 16.4. The number of nitrogens with zero attached hydrogens (tertiary/aromatic N) is 2. The lowest BCUT2D eigenvalue weighted by Crippen LogP contribution is -2.02. The molecule has 3 rings (SSSR count). The first-order valence-corrected chi connectivity index (χ1v) is 7.89. The summed E-state index contributed by atoms with van der Waals surface area (Å²) in [5.41, 5.74) is 2.51. The Morgan fingerprint density at radius 2 is 1.54 bits per heavy atom. The summed E-state index contributed by atoms with van der Waals surface area (Å²) >= 11 is 12.5. The number of halogens is 3. The standard InChI is InChI=1S/C19H11Cl2FN2/c1-23-19(18-14(20)4-2-5-15(18)21)17-7-3-6-16(24-17)12-8-10-13(22)11-9-12/h2-11,19H. The fraction of sp³-hybridized carbons (Fsp3) is 0.0526. The minimum absolute atomic E-state index is 0.309. The molecule has 0 spiro atoms. The van der Waals surface area contributed by atoms with E-state index in [9.17, 15) is 4.39 Å². The lowest BCUT2D eigenvalue weighted by Gasteiger charge is -2.11. The van der Waals surface area contributed by atoms with Gasteiger partial charge in [0.1, 0.15) is 11.5 Å². The molecule has 0 aliphatic rings. The molecule has 0 saturated carbocycles. The highest BCUT2D eigenvalue weighted by atomic mass is 35.5. The van der Waals surface area contributed by atoms with Gasteiger partial charge in [0.05, 0.1) is 21.3 Å². The average Bonchev–Trinajstić information content (AvgIpc) is 2.59. The number of aromatic nitrogens is 1. The van der Waals surface area contributed by atoms with Gasteiger partial charge in [0, 0.05) is 5.56 Å². The van der Waals surface area contributed by atoms with Crippen LogP contribution in [0.2, 0.25) is 10.0 Å². The fourth-order valence-corrected chi connectivity index (χ4v) is 3.04. The van der Waals surface area contributed by atoms with Crippen molar-refractivity contribution in [3.8, 4) is 11.3 Å². The van der Waals surface area contributed by atoms with Gasteiger partial charge in [-0.15, -0.1) is 0 Å². The van der Waals surface area contributed by atoms with E-state index in [0.717, 1.165) is 5.56 Å². The third-order valence-electron chi connectivity index (χ3n) is 3.59. The van der Waals surface area contributed by atoms with Gasteiger partial charge < -0.3 is 4.85 Å². The Kier molecular flexibility index (Phi) is 4.80. The quantitative estimate of drug-likeness (QED) is 0.510. The van der Waals surface area contributed by atoms with Crippen LogP contribution in [-0.2, 0) is 0 Å². The molecular formula is C19H11Cl2FN2. The second-order valence-electron chi connectivity index (χ2n) is 5.12. The zero-order valence-corrected chi connectivity index (χ0v) is 13.9. The molecule has 3 aromatic rings. The summed E-state index contributed by atoms with van der Waals surface area (Å²) in [7, 11) is 0. The zero-order valence-electron chi connectivity index (χ0n) is 12.4. The third kappa shape index (κ3) is 3.26. The van der Waals surface area contributed by atoms with E-state index in [0.29, 0.717) is 27.0 Å². The molecule has 0 bridgehead atoms. The summed E-state index contributed by atoms with van der Waals surface area (Å²) in [6.07, 6.45) is 0. The smallest absolute Gasteiger partial charge is 0.293 e. The van der Waals surface area contributed by atoms with Crippen molar-refractivity contribution in [2.75, 3.05) is 0 Å². The summed E-state index contributed by atoms with van der Waals surface area (Å²) < 4.78 is 13.1. The average molecular weight is 357 g/mol. The first-order valence-electron chi connectivity index (χ1n) is 7.13. The van der Waals surface area contributed by atoms with Gasteiger partial charge in [-0.25, -0.2) is 15.9 Å². The minimum atomic E-state index is -0.702. The van der Waals surface area contributed by atoms with Crippen LogP contribution in [0.25, 0.3) is 16.1 Å². The number of pyridine rings is 1. The first-order chi connectivity index (χ1) is 11.6. The molecule has 118 valence electrons. The maximum atomic E-state index is 13.1. The largest absolute Gasteiger partial charge is 0.301 e. The van der Waals surface area contributed by atoms with E-state index in [1.54, 1.807) is 36.4 Å². The second kappa shape index (κ2) is 7.00. The van der Waals surface area contributed by atoms with Crippen LogP contribution in [0.1, 0.15) is 17.3 Å². The molecule has 0 saturated heterocycles. The summed E-state index contributed by atoms with van der Waals surface area (Å²) in [5, 5.41) is 0.856. The van der Waals surface area contributed by atoms with Gasteiger partial charge in [-0.05, 0) is 48.5 Å². The SMILES string of the molecule is [C-]#[N+]C(c1cccc(-c2ccc(F)cc2)n1)c1c(Cl)cccc1Cl. The van der Waals surface area contributed by atoms with Crippen LogP contribution in [0.15, 0.2) is 60.7 Å². The van der Waals surface area contributed by atoms with E-state index in [1.807, 2.05) is 12.1 Å². The molecule has 0 fully saturated rings. The normalized spacial score (nSPS) is 11.8. The topological polar surface area (TPSA) is 17.2 Å². The van der Waals surface area contributed by atoms with Crippen molar-refractivity contribution < 1.29 is 4.39 Å². The predicted octanol–water partition coefficient (Wildman–Crippen LogP) is 6.20. The molecule has 0 radical (unpaired) electrons. The number of rotatable bonds is 3. The maximum absolute atomic E-state index is 13.1. The summed E-state index contributed by atoms with van der Waals surface area (Å²) in [5.74, 6) is -0.309. The van der Waals surface area contributed by atoms with Crippen molar-refractivity contribution in [2.45, 2.75) is 6.04 Å². The van der Waals surface area contributed by atoms with Gasteiger partial charge in [0.15, 0.2) is 0 Å². The Morgan fingerprint density at radius 1 is 0.917 bits per heavy atom. The van der Waals surface area contributed by atoms with Gasteiger partial charge in [0.25, 0.3) is 6.04 Å². The Bertz CT molecular complexity index is 897. The molecule has 2 aromatic carbocycles. The predicted molar refractivity (Wildman–Crippen MR) is 94.5 cm³/mol. The lowest BCUT2D eigenvalue weighted by atomic mass is 10.0. The van der Waals surface area contributed by atoms with E-state index in [-0.39, 0.29) is 5.82 Å². The summed E-state index contributed by atoms with van der Waals surface area (Å²) in [6.45, 7) is 7.55. The molecule has 0 N–H and O–H groups in total. The van der Waals surface area contributed by atoms with Crippen LogP contribution in [0.4, 0.5) is 4.39 Å².